The third-order valence-electron chi connectivity index (χ3n) is 10.3. The number of anilines is 6. The molecule has 0 heterocycles. The quantitative estimate of drug-likeness (QED) is 0.156. The van der Waals surface area contributed by atoms with Crippen LogP contribution in [0.4, 0.5) is 34.1 Å². The molecule has 0 saturated heterocycles. The second-order valence-corrected chi connectivity index (χ2v) is 14.1. The number of aryl methyl sites for hydroxylation is 2. The number of nitrogens with zero attached hydrogens (tertiary/aromatic N) is 2. The van der Waals surface area contributed by atoms with Crippen molar-refractivity contribution in [2.45, 2.75) is 13.8 Å². The molecule has 54 heavy (non-hydrogen) atoms. The molecule has 0 fully saturated rings. The predicted molar refractivity (Wildman–Crippen MR) is 231 cm³/mol. The van der Waals surface area contributed by atoms with Crippen LogP contribution in [0.3, 0.4) is 0 Å². The highest BCUT2D eigenvalue weighted by Crippen LogP contribution is 2.39. The SMILES string of the molecule is Cc1cccc(N(c2ccc(-c3ccc(-c4ccc(N(c5cccc(C)c5)c5ccc6ccccc6c5)cc4)cc3)cc2)c2ccc3ccccc3c2)c1. The zero-order valence-corrected chi connectivity index (χ0v) is 30.5. The van der Waals surface area contributed by atoms with E-state index in [1.807, 2.05) is 0 Å². The third kappa shape index (κ3) is 6.62. The molecule has 0 unspecified atom stereocenters. The van der Waals surface area contributed by atoms with Gasteiger partial charge in [0.25, 0.3) is 0 Å². The highest BCUT2D eigenvalue weighted by Gasteiger charge is 2.15. The van der Waals surface area contributed by atoms with Gasteiger partial charge in [-0.05, 0) is 142 Å². The molecule has 9 aromatic carbocycles. The maximum Gasteiger partial charge on any atom is 0.0468 e. The predicted octanol–water partition coefficient (Wildman–Crippen LogP) is 14.9. The van der Waals surface area contributed by atoms with E-state index in [0.717, 1.165) is 34.1 Å². The molecule has 0 aliphatic carbocycles. The summed E-state index contributed by atoms with van der Waals surface area (Å²) in [4.78, 5) is 4.69. The van der Waals surface area contributed by atoms with Gasteiger partial charge in [-0.15, -0.1) is 0 Å². The van der Waals surface area contributed by atoms with Crippen LogP contribution >= 0.6 is 0 Å². The Hall–Kier alpha value is -6.90. The second-order valence-electron chi connectivity index (χ2n) is 14.1. The molecule has 2 heteroatoms. The molecular formula is C52H40N2. The topological polar surface area (TPSA) is 6.48 Å². The van der Waals surface area contributed by atoms with Gasteiger partial charge in [0.05, 0.1) is 0 Å². The number of hydrogen-bond donors (Lipinski definition) is 0. The number of rotatable bonds is 8. The van der Waals surface area contributed by atoms with Gasteiger partial charge in [0.1, 0.15) is 0 Å². The lowest BCUT2D eigenvalue weighted by Crippen LogP contribution is -2.10. The van der Waals surface area contributed by atoms with Gasteiger partial charge in [-0.25, -0.2) is 0 Å². The number of fused-ring (bicyclic) bond motifs is 2. The fourth-order valence-corrected chi connectivity index (χ4v) is 7.52. The lowest BCUT2D eigenvalue weighted by atomic mass is 9.99. The molecule has 0 spiro atoms. The summed E-state index contributed by atoms with van der Waals surface area (Å²) in [6.07, 6.45) is 0. The average Bonchev–Trinajstić information content (AvgIpc) is 3.22. The van der Waals surface area contributed by atoms with Crippen LogP contribution in [0.1, 0.15) is 11.1 Å². The van der Waals surface area contributed by atoms with E-state index < -0.39 is 0 Å². The minimum atomic E-state index is 1.12. The summed E-state index contributed by atoms with van der Waals surface area (Å²) in [6.45, 7) is 4.30. The van der Waals surface area contributed by atoms with E-state index in [1.54, 1.807) is 0 Å². The molecule has 258 valence electrons. The van der Waals surface area contributed by atoms with Crippen molar-refractivity contribution < 1.29 is 0 Å². The molecule has 9 rings (SSSR count). The van der Waals surface area contributed by atoms with Gasteiger partial charge in [0.15, 0.2) is 0 Å². The van der Waals surface area contributed by atoms with Crippen molar-refractivity contribution >= 4 is 55.7 Å². The number of benzene rings is 9. The van der Waals surface area contributed by atoms with Gasteiger partial charge in [0.2, 0.25) is 0 Å². The van der Waals surface area contributed by atoms with Crippen LogP contribution in [0.25, 0.3) is 43.8 Å². The molecule has 0 N–H and O–H groups in total. The van der Waals surface area contributed by atoms with Gasteiger partial charge in [-0.1, -0.05) is 133 Å². The third-order valence-corrected chi connectivity index (χ3v) is 10.3. The summed E-state index contributed by atoms with van der Waals surface area (Å²) in [5.74, 6) is 0. The fraction of sp³-hybridized carbons (Fsp3) is 0.0385. The van der Waals surface area contributed by atoms with Crippen LogP contribution in [0.15, 0.2) is 206 Å². The highest BCUT2D eigenvalue weighted by atomic mass is 15.1. The zero-order valence-electron chi connectivity index (χ0n) is 30.5. The normalized spacial score (nSPS) is 11.1. The summed E-state index contributed by atoms with van der Waals surface area (Å²) in [6, 6.07) is 74.7. The smallest absolute Gasteiger partial charge is 0.0468 e. The van der Waals surface area contributed by atoms with Crippen molar-refractivity contribution in [1.82, 2.24) is 0 Å². The first-order chi connectivity index (χ1) is 26.6. The minimum absolute atomic E-state index is 1.12. The molecule has 2 nitrogen and oxygen atoms in total. The van der Waals surface area contributed by atoms with Crippen LogP contribution < -0.4 is 9.80 Å². The van der Waals surface area contributed by atoms with E-state index in [-0.39, 0.29) is 0 Å². The van der Waals surface area contributed by atoms with Crippen LogP contribution in [0.2, 0.25) is 0 Å². The molecule has 0 aliphatic heterocycles. The Balaban J connectivity index is 0.989. The van der Waals surface area contributed by atoms with Gasteiger partial charge < -0.3 is 9.80 Å². The van der Waals surface area contributed by atoms with Crippen LogP contribution in [-0.4, -0.2) is 0 Å². The zero-order chi connectivity index (χ0) is 36.4. The molecule has 9 aromatic rings. The van der Waals surface area contributed by atoms with Crippen LogP contribution in [0.5, 0.6) is 0 Å². The summed E-state index contributed by atoms with van der Waals surface area (Å²) in [5.41, 5.74) is 14.0. The Morgan fingerprint density at radius 2 is 0.556 bits per heavy atom. The molecule has 0 saturated carbocycles. The Morgan fingerprint density at radius 3 is 0.926 bits per heavy atom. The van der Waals surface area contributed by atoms with Crippen molar-refractivity contribution in [3.8, 4) is 22.3 Å². The summed E-state index contributed by atoms with van der Waals surface area (Å²) in [7, 11) is 0. The Kier molecular flexibility index (Phi) is 8.70. The van der Waals surface area contributed by atoms with Crippen molar-refractivity contribution in [3.05, 3.63) is 217 Å². The fourth-order valence-electron chi connectivity index (χ4n) is 7.52. The average molecular weight is 693 g/mol. The van der Waals surface area contributed by atoms with E-state index >= 15 is 0 Å². The van der Waals surface area contributed by atoms with E-state index in [2.05, 4.69) is 230 Å². The summed E-state index contributed by atoms with van der Waals surface area (Å²) < 4.78 is 0. The summed E-state index contributed by atoms with van der Waals surface area (Å²) >= 11 is 0. The first-order valence-electron chi connectivity index (χ1n) is 18.6. The molecule has 0 radical (unpaired) electrons. The molecule has 0 aliphatic rings. The molecule has 0 aromatic heterocycles. The Labute approximate surface area is 317 Å². The van der Waals surface area contributed by atoms with Crippen molar-refractivity contribution in [2.24, 2.45) is 0 Å². The molecule has 0 amide bonds. The molecular weight excluding hydrogens is 653 g/mol. The lowest BCUT2D eigenvalue weighted by Gasteiger charge is -2.26. The van der Waals surface area contributed by atoms with Gasteiger partial charge in [-0.3, -0.25) is 0 Å². The van der Waals surface area contributed by atoms with E-state index in [4.69, 9.17) is 0 Å². The van der Waals surface area contributed by atoms with Crippen molar-refractivity contribution in [1.29, 1.82) is 0 Å². The maximum atomic E-state index is 2.34. The van der Waals surface area contributed by atoms with E-state index in [9.17, 15) is 0 Å². The molecule has 0 atom stereocenters. The molecule has 0 bridgehead atoms. The number of hydrogen-bond acceptors (Lipinski definition) is 2. The Bertz CT molecular complexity index is 2540. The van der Waals surface area contributed by atoms with Gasteiger partial charge >= 0.3 is 0 Å². The van der Waals surface area contributed by atoms with Gasteiger partial charge in [0, 0.05) is 34.1 Å². The van der Waals surface area contributed by atoms with Crippen LogP contribution in [-0.2, 0) is 0 Å². The largest absolute Gasteiger partial charge is 0.310 e. The van der Waals surface area contributed by atoms with E-state index in [0.29, 0.717) is 0 Å². The first kappa shape index (κ1) is 33.0. The first-order valence-corrected chi connectivity index (χ1v) is 18.6. The highest BCUT2D eigenvalue weighted by molar-refractivity contribution is 5.91. The van der Waals surface area contributed by atoms with Crippen LogP contribution in [0, 0.1) is 13.8 Å². The van der Waals surface area contributed by atoms with Crippen molar-refractivity contribution in [3.63, 3.8) is 0 Å². The van der Waals surface area contributed by atoms with E-state index in [1.165, 1.54) is 54.9 Å². The summed E-state index contributed by atoms with van der Waals surface area (Å²) in [5, 5.41) is 4.94. The maximum absolute atomic E-state index is 2.34. The van der Waals surface area contributed by atoms with Crippen molar-refractivity contribution in [2.75, 3.05) is 9.80 Å². The monoisotopic (exact) mass is 692 g/mol. The lowest BCUT2D eigenvalue weighted by molar-refractivity contribution is 1.27. The second kappa shape index (κ2) is 14.3. The standard InChI is InChI=1S/C52H40N2/c1-37-9-7-15-49(33-37)53(51-31-25-39-11-3-5-13-45(39)35-51)47-27-21-43(22-28-47)41-17-19-42(20-18-41)44-23-29-48(30-24-44)54(50-16-8-10-38(2)34-50)52-32-26-40-12-4-6-14-46(40)36-52/h3-36H,1-2H3. The minimum Gasteiger partial charge on any atom is -0.310 e. The van der Waals surface area contributed by atoms with Gasteiger partial charge in [-0.2, -0.15) is 0 Å². The Morgan fingerprint density at radius 1 is 0.241 bits per heavy atom.